The first-order valence-corrected chi connectivity index (χ1v) is 12.7. The number of nitrogens with zero attached hydrogens (tertiary/aromatic N) is 4. The number of nitrogens with one attached hydrogen (secondary N) is 3. The van der Waals surface area contributed by atoms with Crippen molar-refractivity contribution in [1.29, 1.82) is 0 Å². The molecule has 1 saturated carbocycles. The van der Waals surface area contributed by atoms with Crippen LogP contribution in [0.15, 0.2) is 18.2 Å². The summed E-state index contributed by atoms with van der Waals surface area (Å²) in [4.78, 5) is 27.2. The van der Waals surface area contributed by atoms with Crippen molar-refractivity contribution in [1.82, 2.24) is 19.9 Å². The standard InChI is InChI=1S/C25H36FN7O2/c1-3-33-13-7-10-20(33)16-28-24-30-23(27-15-18-8-5-4-6-9-18)31-25(32-24)29-19-11-12-22(21(26)14-19)35-17(2)34/h11-12,14,18,20H,3-10,13,15-16H2,1-2H3,(H3,27,28,29,30,31,32). The number of anilines is 4. The van der Waals surface area contributed by atoms with Crippen molar-refractivity contribution in [2.45, 2.75) is 64.8 Å². The highest BCUT2D eigenvalue weighted by Gasteiger charge is 2.23. The number of carbonyl (C=O) groups is 1. The monoisotopic (exact) mass is 485 g/mol. The Kier molecular flexibility index (Phi) is 8.68. The lowest BCUT2D eigenvalue weighted by Crippen LogP contribution is -2.35. The van der Waals surface area contributed by atoms with Crippen molar-refractivity contribution in [2.24, 2.45) is 5.92 Å². The summed E-state index contributed by atoms with van der Waals surface area (Å²) in [7, 11) is 0. The molecule has 190 valence electrons. The summed E-state index contributed by atoms with van der Waals surface area (Å²) in [5.41, 5.74) is 0.446. The molecule has 0 radical (unpaired) electrons. The van der Waals surface area contributed by atoms with Crippen LogP contribution in [0.1, 0.15) is 58.8 Å². The lowest BCUT2D eigenvalue weighted by molar-refractivity contribution is -0.132. The molecular weight excluding hydrogens is 449 g/mol. The summed E-state index contributed by atoms with van der Waals surface area (Å²) in [6, 6.07) is 4.73. The molecule has 1 aliphatic heterocycles. The predicted octanol–water partition coefficient (Wildman–Crippen LogP) is 4.57. The summed E-state index contributed by atoms with van der Waals surface area (Å²) in [5, 5.41) is 9.83. The minimum absolute atomic E-state index is 0.118. The number of ether oxygens (including phenoxy) is 1. The Hall–Kier alpha value is -3.01. The summed E-state index contributed by atoms with van der Waals surface area (Å²) in [5.74, 6) is 0.567. The van der Waals surface area contributed by atoms with Crippen LogP contribution >= 0.6 is 0 Å². The highest BCUT2D eigenvalue weighted by molar-refractivity contribution is 5.70. The van der Waals surface area contributed by atoms with E-state index in [9.17, 15) is 9.18 Å². The van der Waals surface area contributed by atoms with E-state index in [1.807, 2.05) is 0 Å². The average molecular weight is 486 g/mol. The first-order chi connectivity index (χ1) is 17.0. The van der Waals surface area contributed by atoms with Gasteiger partial charge in [-0.3, -0.25) is 9.69 Å². The summed E-state index contributed by atoms with van der Waals surface area (Å²) in [6.45, 7) is 7.14. The highest BCUT2D eigenvalue weighted by atomic mass is 19.1. The quantitative estimate of drug-likeness (QED) is 0.330. The van der Waals surface area contributed by atoms with Crippen LogP contribution in [0.2, 0.25) is 0 Å². The van der Waals surface area contributed by atoms with Gasteiger partial charge in [0.15, 0.2) is 11.6 Å². The minimum atomic E-state index is -0.644. The molecule has 1 saturated heterocycles. The highest BCUT2D eigenvalue weighted by Crippen LogP contribution is 2.26. The third kappa shape index (κ3) is 7.24. The second-order valence-corrected chi connectivity index (χ2v) is 9.36. The summed E-state index contributed by atoms with van der Waals surface area (Å²) in [6.07, 6.45) is 8.65. The van der Waals surface area contributed by atoms with Gasteiger partial charge in [-0.2, -0.15) is 15.0 Å². The number of aromatic nitrogens is 3. The SMILES string of the molecule is CCN1CCCC1CNc1nc(NCC2CCCCC2)nc(Nc2ccc(OC(C)=O)c(F)c2)n1. The zero-order valence-corrected chi connectivity index (χ0v) is 20.6. The van der Waals surface area contributed by atoms with Gasteiger partial charge in [0.05, 0.1) is 0 Å². The molecule has 0 bridgehead atoms. The van der Waals surface area contributed by atoms with E-state index in [2.05, 4.69) is 42.7 Å². The maximum atomic E-state index is 14.4. The second kappa shape index (κ2) is 12.1. The van der Waals surface area contributed by atoms with Gasteiger partial charge in [-0.25, -0.2) is 4.39 Å². The molecule has 1 aromatic heterocycles. The van der Waals surface area contributed by atoms with E-state index in [0.29, 0.717) is 35.5 Å². The molecule has 1 aromatic carbocycles. The van der Waals surface area contributed by atoms with Gasteiger partial charge in [0, 0.05) is 37.8 Å². The maximum Gasteiger partial charge on any atom is 0.308 e. The van der Waals surface area contributed by atoms with E-state index in [1.54, 1.807) is 6.07 Å². The molecule has 0 spiro atoms. The predicted molar refractivity (Wildman–Crippen MR) is 135 cm³/mol. The lowest BCUT2D eigenvalue weighted by Gasteiger charge is -2.23. The topological polar surface area (TPSA) is 104 Å². The van der Waals surface area contributed by atoms with Gasteiger partial charge in [0.1, 0.15) is 0 Å². The number of esters is 1. The van der Waals surface area contributed by atoms with Gasteiger partial charge < -0.3 is 20.7 Å². The number of hydrogen-bond acceptors (Lipinski definition) is 9. The van der Waals surface area contributed by atoms with E-state index >= 15 is 0 Å². The van der Waals surface area contributed by atoms with Crippen LogP contribution < -0.4 is 20.7 Å². The van der Waals surface area contributed by atoms with Crippen molar-refractivity contribution >= 4 is 29.5 Å². The average Bonchev–Trinajstić information content (AvgIpc) is 3.31. The molecule has 35 heavy (non-hydrogen) atoms. The molecule has 4 rings (SSSR count). The fourth-order valence-corrected chi connectivity index (χ4v) is 4.91. The molecule has 2 fully saturated rings. The Bertz CT molecular complexity index is 1000. The van der Waals surface area contributed by atoms with E-state index in [4.69, 9.17) is 4.74 Å². The van der Waals surface area contributed by atoms with Gasteiger partial charge >= 0.3 is 5.97 Å². The van der Waals surface area contributed by atoms with Gasteiger partial charge in [-0.1, -0.05) is 26.2 Å². The molecule has 2 aromatic rings. The van der Waals surface area contributed by atoms with Gasteiger partial charge in [0.2, 0.25) is 17.8 Å². The number of carbonyl (C=O) groups excluding carboxylic acids is 1. The molecule has 1 atom stereocenters. The molecule has 2 aliphatic rings. The van der Waals surface area contributed by atoms with Gasteiger partial charge in [0.25, 0.3) is 0 Å². The fourth-order valence-electron chi connectivity index (χ4n) is 4.91. The molecule has 9 nitrogen and oxygen atoms in total. The first kappa shape index (κ1) is 25.1. The van der Waals surface area contributed by atoms with Gasteiger partial charge in [-0.15, -0.1) is 0 Å². The van der Waals surface area contributed by atoms with Crippen LogP contribution in [-0.2, 0) is 4.79 Å². The van der Waals surface area contributed by atoms with E-state index in [-0.39, 0.29) is 5.75 Å². The van der Waals surface area contributed by atoms with Crippen molar-refractivity contribution in [3.63, 3.8) is 0 Å². The smallest absolute Gasteiger partial charge is 0.308 e. The summed E-state index contributed by atoms with van der Waals surface area (Å²) < 4.78 is 19.2. The Morgan fingerprint density at radius 3 is 2.43 bits per heavy atom. The number of likely N-dealkylation sites (tertiary alicyclic amines) is 1. The Labute approximate surface area is 206 Å². The third-order valence-corrected chi connectivity index (χ3v) is 6.75. The fraction of sp³-hybridized carbons (Fsp3) is 0.600. The molecule has 2 heterocycles. The zero-order chi connectivity index (χ0) is 24.6. The number of benzene rings is 1. The Balaban J connectivity index is 1.48. The van der Waals surface area contributed by atoms with E-state index in [0.717, 1.165) is 32.6 Å². The number of rotatable bonds is 10. The Morgan fingerprint density at radius 2 is 1.74 bits per heavy atom. The first-order valence-electron chi connectivity index (χ1n) is 12.7. The number of likely N-dealkylation sites (N-methyl/N-ethyl adjacent to an activating group) is 1. The van der Waals surface area contributed by atoms with Crippen LogP contribution in [-0.4, -0.2) is 58.0 Å². The van der Waals surface area contributed by atoms with Crippen molar-refractivity contribution in [2.75, 3.05) is 42.1 Å². The van der Waals surface area contributed by atoms with Crippen LogP contribution in [0.5, 0.6) is 5.75 Å². The minimum Gasteiger partial charge on any atom is -0.424 e. The number of halogens is 1. The zero-order valence-electron chi connectivity index (χ0n) is 20.6. The second-order valence-electron chi connectivity index (χ2n) is 9.36. The molecule has 0 amide bonds. The normalized spacial score (nSPS) is 18.9. The lowest BCUT2D eigenvalue weighted by atomic mass is 9.89. The van der Waals surface area contributed by atoms with Crippen LogP contribution in [0.25, 0.3) is 0 Å². The molecule has 1 aliphatic carbocycles. The van der Waals surface area contributed by atoms with Gasteiger partial charge in [-0.05, 0) is 56.8 Å². The molecule has 10 heteroatoms. The van der Waals surface area contributed by atoms with Crippen molar-refractivity contribution in [3.05, 3.63) is 24.0 Å². The van der Waals surface area contributed by atoms with Crippen molar-refractivity contribution in [3.8, 4) is 5.75 Å². The molecule has 1 unspecified atom stereocenters. The number of hydrogen-bond donors (Lipinski definition) is 3. The van der Waals surface area contributed by atoms with E-state index < -0.39 is 11.8 Å². The van der Waals surface area contributed by atoms with Crippen LogP contribution in [0.3, 0.4) is 0 Å². The van der Waals surface area contributed by atoms with Crippen molar-refractivity contribution < 1.29 is 13.9 Å². The van der Waals surface area contributed by atoms with E-state index in [1.165, 1.54) is 57.6 Å². The largest absolute Gasteiger partial charge is 0.424 e. The Morgan fingerprint density at radius 1 is 1.03 bits per heavy atom. The molecule has 3 N–H and O–H groups in total. The van der Waals surface area contributed by atoms with Crippen LogP contribution in [0, 0.1) is 11.7 Å². The van der Waals surface area contributed by atoms with Crippen LogP contribution in [0.4, 0.5) is 27.9 Å². The molecular formula is C25H36FN7O2. The third-order valence-electron chi connectivity index (χ3n) is 6.75. The summed E-state index contributed by atoms with van der Waals surface area (Å²) >= 11 is 0. The maximum absolute atomic E-state index is 14.4.